The summed E-state index contributed by atoms with van der Waals surface area (Å²) in [7, 11) is 0. The first-order valence-electron chi connectivity index (χ1n) is 9.35. The van der Waals surface area contributed by atoms with Crippen molar-refractivity contribution >= 4 is 34.1 Å². The van der Waals surface area contributed by atoms with Crippen LogP contribution in [0.2, 0.25) is 0 Å². The Morgan fingerprint density at radius 3 is 2.57 bits per heavy atom. The topological polar surface area (TPSA) is 67.8 Å². The first-order chi connectivity index (χ1) is 13.6. The average molecular weight is 413 g/mol. The first kappa shape index (κ1) is 20.5. The van der Waals surface area contributed by atoms with Gasteiger partial charge in [0.15, 0.2) is 10.3 Å². The molecule has 3 aromatic rings. The van der Waals surface area contributed by atoms with E-state index in [2.05, 4.69) is 65.3 Å². The van der Waals surface area contributed by atoms with Gasteiger partial charge in [-0.05, 0) is 31.4 Å². The van der Waals surface area contributed by atoms with E-state index in [9.17, 15) is 4.79 Å². The molecule has 2 aromatic heterocycles. The van der Waals surface area contributed by atoms with Crippen molar-refractivity contribution in [3.8, 4) is 0 Å². The first-order valence-corrected chi connectivity index (χ1v) is 11.2. The van der Waals surface area contributed by atoms with E-state index in [-0.39, 0.29) is 11.7 Å². The van der Waals surface area contributed by atoms with Crippen LogP contribution in [0.5, 0.6) is 0 Å². The SMILES string of the molecule is CCc1cc(CC)nc(SCC(=O)Nc2ncc(Cc3cccc(C)c3)s2)n1. The number of thioether (sulfide) groups is 1. The molecule has 5 nitrogen and oxygen atoms in total. The number of nitrogens with zero attached hydrogens (tertiary/aromatic N) is 3. The Morgan fingerprint density at radius 2 is 1.89 bits per heavy atom. The highest BCUT2D eigenvalue weighted by atomic mass is 32.2. The molecule has 0 bridgehead atoms. The van der Waals surface area contributed by atoms with Crippen molar-refractivity contribution in [3.63, 3.8) is 0 Å². The minimum atomic E-state index is -0.0926. The van der Waals surface area contributed by atoms with Crippen LogP contribution in [0.15, 0.2) is 41.7 Å². The largest absolute Gasteiger partial charge is 0.301 e. The van der Waals surface area contributed by atoms with Crippen molar-refractivity contribution in [2.24, 2.45) is 0 Å². The molecule has 0 aliphatic carbocycles. The number of carbonyl (C=O) groups is 1. The number of hydrogen-bond donors (Lipinski definition) is 1. The van der Waals surface area contributed by atoms with Crippen LogP contribution in [0.25, 0.3) is 0 Å². The van der Waals surface area contributed by atoms with E-state index >= 15 is 0 Å². The van der Waals surface area contributed by atoms with Gasteiger partial charge < -0.3 is 5.32 Å². The molecule has 0 saturated heterocycles. The molecule has 0 aliphatic rings. The van der Waals surface area contributed by atoms with Gasteiger partial charge in [0.2, 0.25) is 5.91 Å². The van der Waals surface area contributed by atoms with Gasteiger partial charge in [-0.1, -0.05) is 55.4 Å². The van der Waals surface area contributed by atoms with E-state index in [4.69, 9.17) is 0 Å². The molecular weight excluding hydrogens is 388 g/mol. The van der Waals surface area contributed by atoms with Crippen molar-refractivity contribution in [1.29, 1.82) is 0 Å². The summed E-state index contributed by atoms with van der Waals surface area (Å²) in [5, 5.41) is 4.17. The summed E-state index contributed by atoms with van der Waals surface area (Å²) in [6, 6.07) is 10.4. The summed E-state index contributed by atoms with van der Waals surface area (Å²) in [5.41, 5.74) is 4.51. The molecule has 3 rings (SSSR count). The number of rotatable bonds is 8. The maximum atomic E-state index is 12.3. The summed E-state index contributed by atoms with van der Waals surface area (Å²) in [6.45, 7) is 6.22. The number of carbonyl (C=O) groups excluding carboxylic acids is 1. The quantitative estimate of drug-likeness (QED) is 0.429. The standard InChI is InChI=1S/C21H24N4OS2/c1-4-16-11-17(5-2)24-21(23-16)27-13-19(26)25-20-22-12-18(28-20)10-15-8-6-7-14(3)9-15/h6-9,11-12H,4-5,10,13H2,1-3H3,(H,22,25,26). The molecule has 1 N–H and O–H groups in total. The summed E-state index contributed by atoms with van der Waals surface area (Å²) < 4.78 is 0. The third kappa shape index (κ3) is 5.87. The maximum Gasteiger partial charge on any atom is 0.236 e. The van der Waals surface area contributed by atoms with Gasteiger partial charge >= 0.3 is 0 Å². The third-order valence-electron chi connectivity index (χ3n) is 4.13. The summed E-state index contributed by atoms with van der Waals surface area (Å²) in [4.78, 5) is 26.7. The molecule has 0 radical (unpaired) electrons. The Morgan fingerprint density at radius 1 is 1.14 bits per heavy atom. The zero-order valence-electron chi connectivity index (χ0n) is 16.4. The molecule has 28 heavy (non-hydrogen) atoms. The number of benzene rings is 1. The lowest BCUT2D eigenvalue weighted by Crippen LogP contribution is -2.14. The number of nitrogens with one attached hydrogen (secondary N) is 1. The monoisotopic (exact) mass is 412 g/mol. The second-order valence-corrected chi connectivity index (χ2v) is 8.53. The Kier molecular flexibility index (Phi) is 7.17. The van der Waals surface area contributed by atoms with Crippen LogP contribution in [0.1, 0.15) is 41.2 Å². The maximum absolute atomic E-state index is 12.3. The summed E-state index contributed by atoms with van der Waals surface area (Å²) in [5.74, 6) is 0.174. The van der Waals surface area contributed by atoms with Gasteiger partial charge in [-0.3, -0.25) is 4.79 Å². The predicted molar refractivity (Wildman–Crippen MR) is 116 cm³/mol. The zero-order valence-corrected chi connectivity index (χ0v) is 18.0. The zero-order chi connectivity index (χ0) is 19.9. The highest BCUT2D eigenvalue weighted by Gasteiger charge is 2.10. The average Bonchev–Trinajstić information content (AvgIpc) is 3.12. The van der Waals surface area contributed by atoms with Gasteiger partial charge in [0.05, 0.1) is 5.75 Å². The number of hydrogen-bond acceptors (Lipinski definition) is 6. The fourth-order valence-electron chi connectivity index (χ4n) is 2.71. The van der Waals surface area contributed by atoms with Gasteiger partial charge in [-0.15, -0.1) is 11.3 Å². The lowest BCUT2D eigenvalue weighted by atomic mass is 10.1. The lowest BCUT2D eigenvalue weighted by molar-refractivity contribution is -0.113. The van der Waals surface area contributed by atoms with Gasteiger partial charge in [0, 0.05) is 28.9 Å². The van der Waals surface area contributed by atoms with Gasteiger partial charge in [0.25, 0.3) is 0 Å². The second kappa shape index (κ2) is 9.80. The van der Waals surface area contributed by atoms with E-state index in [1.807, 2.05) is 12.3 Å². The van der Waals surface area contributed by atoms with E-state index < -0.39 is 0 Å². The molecule has 0 saturated carbocycles. The molecular formula is C21H24N4OS2. The van der Waals surface area contributed by atoms with Crippen LogP contribution < -0.4 is 5.32 Å². The fourth-order valence-corrected chi connectivity index (χ4v) is 4.27. The van der Waals surface area contributed by atoms with Crippen molar-refractivity contribution in [3.05, 3.63) is 63.9 Å². The van der Waals surface area contributed by atoms with Crippen LogP contribution >= 0.6 is 23.1 Å². The van der Waals surface area contributed by atoms with Gasteiger partial charge in [-0.2, -0.15) is 0 Å². The second-order valence-electron chi connectivity index (χ2n) is 6.47. The van der Waals surface area contributed by atoms with Crippen LogP contribution in [0.4, 0.5) is 5.13 Å². The summed E-state index contributed by atoms with van der Waals surface area (Å²) >= 11 is 2.87. The van der Waals surface area contributed by atoms with Crippen LogP contribution in [-0.4, -0.2) is 26.6 Å². The van der Waals surface area contributed by atoms with Gasteiger partial charge in [0.1, 0.15) is 0 Å². The van der Waals surface area contributed by atoms with Crippen LogP contribution in [0, 0.1) is 6.92 Å². The van der Waals surface area contributed by atoms with Crippen molar-refractivity contribution < 1.29 is 4.79 Å². The van der Waals surface area contributed by atoms with E-state index in [0.29, 0.717) is 10.3 Å². The third-order valence-corrected chi connectivity index (χ3v) is 5.89. The van der Waals surface area contributed by atoms with Crippen molar-refractivity contribution in [2.75, 3.05) is 11.1 Å². The van der Waals surface area contributed by atoms with E-state index in [1.165, 1.54) is 34.2 Å². The van der Waals surface area contributed by atoms with Gasteiger partial charge in [-0.25, -0.2) is 15.0 Å². The predicted octanol–water partition coefficient (Wildman–Crippen LogP) is 4.69. The molecule has 7 heteroatoms. The Hall–Kier alpha value is -2.25. The number of aryl methyl sites for hydroxylation is 3. The Balaban J connectivity index is 1.55. The molecule has 0 atom stereocenters. The molecule has 1 amide bonds. The molecule has 0 fully saturated rings. The Labute approximate surface area is 174 Å². The normalized spacial score (nSPS) is 10.8. The van der Waals surface area contributed by atoms with E-state index in [0.717, 1.165) is 35.5 Å². The number of thiazole rings is 1. The van der Waals surface area contributed by atoms with E-state index in [1.54, 1.807) is 0 Å². The van der Waals surface area contributed by atoms with Crippen LogP contribution in [-0.2, 0) is 24.1 Å². The highest BCUT2D eigenvalue weighted by molar-refractivity contribution is 7.99. The number of amides is 1. The fraction of sp³-hybridized carbons (Fsp3) is 0.333. The highest BCUT2D eigenvalue weighted by Crippen LogP contribution is 2.22. The van der Waals surface area contributed by atoms with Crippen LogP contribution in [0.3, 0.4) is 0 Å². The molecule has 0 unspecified atom stereocenters. The van der Waals surface area contributed by atoms with Crippen molar-refractivity contribution in [1.82, 2.24) is 15.0 Å². The number of aromatic nitrogens is 3. The lowest BCUT2D eigenvalue weighted by Gasteiger charge is -2.05. The molecule has 2 heterocycles. The summed E-state index contributed by atoms with van der Waals surface area (Å²) in [6.07, 6.45) is 4.37. The minimum absolute atomic E-state index is 0.0926. The molecule has 0 aliphatic heterocycles. The van der Waals surface area contributed by atoms with Crippen molar-refractivity contribution in [2.45, 2.75) is 45.2 Å². The molecule has 0 spiro atoms. The molecule has 146 valence electrons. The smallest absolute Gasteiger partial charge is 0.236 e. The minimum Gasteiger partial charge on any atom is -0.301 e. The molecule has 1 aromatic carbocycles. The number of anilines is 1. The Bertz CT molecular complexity index is 933.